The maximum absolute atomic E-state index is 11.6. The van der Waals surface area contributed by atoms with E-state index in [0.29, 0.717) is 5.76 Å². The highest BCUT2D eigenvalue weighted by Gasteiger charge is 2.06. The molecule has 2 aromatic rings. The predicted molar refractivity (Wildman–Crippen MR) is 67.8 cm³/mol. The molecule has 18 heavy (non-hydrogen) atoms. The zero-order valence-corrected chi connectivity index (χ0v) is 10.1. The lowest BCUT2D eigenvalue weighted by molar-refractivity contribution is -0.117. The maximum Gasteiger partial charge on any atom is 0.244 e. The van der Waals surface area contributed by atoms with Crippen molar-refractivity contribution in [2.45, 2.75) is 19.4 Å². The van der Waals surface area contributed by atoms with E-state index in [9.17, 15) is 4.79 Å². The molecular formula is C14H15NO3. The fourth-order valence-electron chi connectivity index (χ4n) is 1.65. The topological polar surface area (TPSA) is 55.4 Å². The van der Waals surface area contributed by atoms with Crippen molar-refractivity contribution < 1.29 is 13.6 Å². The van der Waals surface area contributed by atoms with E-state index in [1.165, 1.54) is 6.08 Å². The summed E-state index contributed by atoms with van der Waals surface area (Å²) in [6.07, 6.45) is 8.72. The maximum atomic E-state index is 11.6. The number of amides is 1. The van der Waals surface area contributed by atoms with Gasteiger partial charge in [0.15, 0.2) is 0 Å². The number of hydrogen-bond donors (Lipinski definition) is 1. The second kappa shape index (κ2) is 5.91. The summed E-state index contributed by atoms with van der Waals surface area (Å²) in [7, 11) is 0. The summed E-state index contributed by atoms with van der Waals surface area (Å²) in [5.41, 5.74) is 1.07. The fraction of sp³-hybridized carbons (Fsp3) is 0.214. The Hall–Kier alpha value is -2.23. The van der Waals surface area contributed by atoms with Crippen LogP contribution >= 0.6 is 0 Å². The van der Waals surface area contributed by atoms with Gasteiger partial charge in [-0.25, -0.2) is 0 Å². The number of furan rings is 2. The Morgan fingerprint density at radius 3 is 3.00 bits per heavy atom. The van der Waals surface area contributed by atoms with Gasteiger partial charge in [-0.2, -0.15) is 0 Å². The van der Waals surface area contributed by atoms with E-state index in [-0.39, 0.29) is 11.9 Å². The van der Waals surface area contributed by atoms with Crippen molar-refractivity contribution in [3.63, 3.8) is 0 Å². The Labute approximate surface area is 105 Å². The number of carbonyl (C=O) groups excluding carboxylic acids is 1. The van der Waals surface area contributed by atoms with Gasteiger partial charge in [0, 0.05) is 12.1 Å². The van der Waals surface area contributed by atoms with Crippen LogP contribution in [0.3, 0.4) is 0 Å². The third-order valence-electron chi connectivity index (χ3n) is 2.45. The molecule has 2 aromatic heterocycles. The molecular weight excluding hydrogens is 230 g/mol. The first-order valence-corrected chi connectivity index (χ1v) is 5.77. The van der Waals surface area contributed by atoms with Gasteiger partial charge in [-0.3, -0.25) is 4.79 Å². The summed E-state index contributed by atoms with van der Waals surface area (Å²) in [6.45, 7) is 1.95. The summed E-state index contributed by atoms with van der Waals surface area (Å²) >= 11 is 0. The third-order valence-corrected chi connectivity index (χ3v) is 2.45. The highest BCUT2D eigenvalue weighted by atomic mass is 16.3. The quantitative estimate of drug-likeness (QED) is 0.824. The molecule has 1 unspecified atom stereocenters. The molecule has 1 amide bonds. The summed E-state index contributed by atoms with van der Waals surface area (Å²) < 4.78 is 10.1. The second-order valence-electron chi connectivity index (χ2n) is 4.09. The molecule has 0 fully saturated rings. The van der Waals surface area contributed by atoms with Crippen LogP contribution in [-0.2, 0) is 11.2 Å². The smallest absolute Gasteiger partial charge is 0.244 e. The van der Waals surface area contributed by atoms with Crippen molar-refractivity contribution in [3.8, 4) is 0 Å². The van der Waals surface area contributed by atoms with Gasteiger partial charge in [0.1, 0.15) is 5.76 Å². The van der Waals surface area contributed by atoms with Crippen LogP contribution in [0.4, 0.5) is 0 Å². The molecule has 4 heteroatoms. The van der Waals surface area contributed by atoms with E-state index in [1.807, 2.05) is 13.0 Å². The molecule has 94 valence electrons. The molecule has 0 bridgehead atoms. The van der Waals surface area contributed by atoms with Crippen molar-refractivity contribution >= 4 is 12.0 Å². The minimum absolute atomic E-state index is 0.0522. The highest BCUT2D eigenvalue weighted by Crippen LogP contribution is 2.04. The largest absolute Gasteiger partial charge is 0.472 e. The molecule has 0 aromatic carbocycles. The minimum Gasteiger partial charge on any atom is -0.472 e. The first-order chi connectivity index (χ1) is 8.74. The van der Waals surface area contributed by atoms with Gasteiger partial charge in [-0.1, -0.05) is 0 Å². The lowest BCUT2D eigenvalue weighted by atomic mass is 10.1. The number of hydrogen-bond acceptors (Lipinski definition) is 3. The van der Waals surface area contributed by atoms with Gasteiger partial charge in [0.2, 0.25) is 5.91 Å². The van der Waals surface area contributed by atoms with Gasteiger partial charge >= 0.3 is 0 Å². The summed E-state index contributed by atoms with van der Waals surface area (Å²) in [5, 5.41) is 2.87. The van der Waals surface area contributed by atoms with Crippen LogP contribution in [0, 0.1) is 0 Å². The van der Waals surface area contributed by atoms with E-state index in [2.05, 4.69) is 5.32 Å². The van der Waals surface area contributed by atoms with E-state index >= 15 is 0 Å². The van der Waals surface area contributed by atoms with E-state index in [1.54, 1.807) is 37.0 Å². The molecule has 0 saturated heterocycles. The molecule has 0 saturated carbocycles. The average Bonchev–Trinajstić information content (AvgIpc) is 2.98. The average molecular weight is 245 g/mol. The number of nitrogens with one attached hydrogen (secondary N) is 1. The second-order valence-corrected chi connectivity index (χ2v) is 4.09. The molecule has 0 aliphatic carbocycles. The van der Waals surface area contributed by atoms with E-state index < -0.39 is 0 Å². The first-order valence-electron chi connectivity index (χ1n) is 5.77. The van der Waals surface area contributed by atoms with Crippen LogP contribution < -0.4 is 5.32 Å². The molecule has 1 N–H and O–H groups in total. The summed E-state index contributed by atoms with van der Waals surface area (Å²) in [5.74, 6) is 0.523. The van der Waals surface area contributed by atoms with Crippen LogP contribution in [0.1, 0.15) is 18.2 Å². The van der Waals surface area contributed by atoms with Crippen molar-refractivity contribution in [3.05, 3.63) is 54.4 Å². The lowest BCUT2D eigenvalue weighted by Crippen LogP contribution is -2.32. The van der Waals surface area contributed by atoms with Crippen LogP contribution in [0.5, 0.6) is 0 Å². The molecule has 0 spiro atoms. The van der Waals surface area contributed by atoms with Gasteiger partial charge in [-0.15, -0.1) is 0 Å². The Bertz CT molecular complexity index is 497. The van der Waals surface area contributed by atoms with E-state index in [4.69, 9.17) is 8.83 Å². The van der Waals surface area contributed by atoms with Crippen LogP contribution in [0.15, 0.2) is 51.9 Å². The van der Waals surface area contributed by atoms with Crippen LogP contribution in [0.25, 0.3) is 6.08 Å². The molecule has 0 aliphatic heterocycles. The number of rotatable bonds is 5. The zero-order chi connectivity index (χ0) is 12.8. The van der Waals surface area contributed by atoms with Gasteiger partial charge in [0.05, 0.1) is 18.8 Å². The third kappa shape index (κ3) is 3.66. The monoisotopic (exact) mass is 245 g/mol. The van der Waals surface area contributed by atoms with Gasteiger partial charge in [-0.05, 0) is 43.2 Å². The first kappa shape index (κ1) is 12.2. The Morgan fingerprint density at radius 1 is 1.44 bits per heavy atom. The summed E-state index contributed by atoms with van der Waals surface area (Å²) in [6, 6.07) is 5.51. The molecule has 1 atom stereocenters. The molecule has 4 nitrogen and oxygen atoms in total. The lowest BCUT2D eigenvalue weighted by Gasteiger charge is -2.10. The zero-order valence-electron chi connectivity index (χ0n) is 10.1. The molecule has 0 radical (unpaired) electrons. The highest BCUT2D eigenvalue weighted by molar-refractivity contribution is 5.91. The van der Waals surface area contributed by atoms with Crippen molar-refractivity contribution in [2.24, 2.45) is 0 Å². The Balaban J connectivity index is 1.80. The Kier molecular flexibility index (Phi) is 4.02. The van der Waals surface area contributed by atoms with Gasteiger partial charge < -0.3 is 14.2 Å². The van der Waals surface area contributed by atoms with Crippen molar-refractivity contribution in [1.29, 1.82) is 0 Å². The predicted octanol–water partition coefficient (Wildman–Crippen LogP) is 2.63. The molecule has 2 rings (SSSR count). The normalized spacial score (nSPS) is 12.7. The van der Waals surface area contributed by atoms with Crippen molar-refractivity contribution in [1.82, 2.24) is 5.32 Å². The van der Waals surface area contributed by atoms with Gasteiger partial charge in [0.25, 0.3) is 0 Å². The summed E-state index contributed by atoms with van der Waals surface area (Å²) in [4.78, 5) is 11.6. The molecule has 2 heterocycles. The van der Waals surface area contributed by atoms with E-state index in [0.717, 1.165) is 12.0 Å². The van der Waals surface area contributed by atoms with Crippen molar-refractivity contribution in [2.75, 3.05) is 0 Å². The Morgan fingerprint density at radius 2 is 2.33 bits per heavy atom. The SMILES string of the molecule is CC(Cc1ccoc1)NC(=O)/C=C/c1ccco1. The fourth-order valence-corrected chi connectivity index (χ4v) is 1.65. The van der Waals surface area contributed by atoms with Crippen LogP contribution in [0.2, 0.25) is 0 Å². The standard InChI is InChI=1S/C14H15NO3/c1-11(9-12-6-8-17-10-12)15-14(16)5-4-13-3-2-7-18-13/h2-8,10-11H,9H2,1H3,(H,15,16)/b5-4+. The van der Waals surface area contributed by atoms with Crippen LogP contribution in [-0.4, -0.2) is 11.9 Å². The molecule has 0 aliphatic rings. The minimum atomic E-state index is -0.137. The number of carbonyl (C=O) groups is 1.